The van der Waals surface area contributed by atoms with Gasteiger partial charge in [0.15, 0.2) is 12.4 Å². The van der Waals surface area contributed by atoms with Gasteiger partial charge in [-0.25, -0.2) is 9.78 Å². The molecule has 0 unspecified atom stereocenters. The molecule has 0 radical (unpaired) electrons. The second-order valence-electron chi connectivity index (χ2n) is 8.04. The molecule has 0 saturated carbocycles. The Morgan fingerprint density at radius 2 is 1.69 bits per heavy atom. The minimum absolute atomic E-state index is 0.0565. The second kappa shape index (κ2) is 9.97. The van der Waals surface area contributed by atoms with Crippen LogP contribution in [0.15, 0.2) is 66.7 Å². The molecule has 0 amide bonds. The van der Waals surface area contributed by atoms with Gasteiger partial charge < -0.3 is 14.5 Å². The number of ketones is 1. The van der Waals surface area contributed by atoms with Crippen LogP contribution in [-0.4, -0.2) is 40.4 Å². The Labute approximate surface area is 216 Å². The molecule has 0 aliphatic carbocycles. The molecule has 7 nitrogen and oxygen atoms in total. The molecule has 3 aromatic carbocycles. The molecule has 5 aromatic rings. The minimum atomic E-state index is -0.523. The van der Waals surface area contributed by atoms with Crippen LogP contribution in [0.5, 0.6) is 5.75 Å². The fourth-order valence-electron chi connectivity index (χ4n) is 3.84. The van der Waals surface area contributed by atoms with Gasteiger partial charge in [0.25, 0.3) is 0 Å². The van der Waals surface area contributed by atoms with Crippen LogP contribution in [-0.2, 0) is 16.0 Å². The number of hydrogen-bond acceptors (Lipinski definition) is 6. The van der Waals surface area contributed by atoms with Crippen LogP contribution in [0.4, 0.5) is 0 Å². The summed E-state index contributed by atoms with van der Waals surface area (Å²) in [6, 6.07) is 20.0. The summed E-state index contributed by atoms with van der Waals surface area (Å²) in [5.41, 5.74) is 3.90. The van der Waals surface area contributed by atoms with E-state index in [-0.39, 0.29) is 18.8 Å². The van der Waals surface area contributed by atoms with Crippen molar-refractivity contribution in [3.8, 4) is 17.1 Å². The number of para-hydroxylation sites is 1. The predicted octanol–water partition coefficient (Wildman–Crippen LogP) is 6.06. The molecule has 180 valence electrons. The van der Waals surface area contributed by atoms with E-state index in [1.165, 1.54) is 7.11 Å². The first kappa shape index (κ1) is 23.8. The number of fused-ring (bicyclic) bond motifs is 2. The van der Waals surface area contributed by atoms with Gasteiger partial charge in [-0.3, -0.25) is 9.78 Å². The van der Waals surface area contributed by atoms with Crippen molar-refractivity contribution in [2.45, 2.75) is 6.42 Å². The zero-order valence-electron chi connectivity index (χ0n) is 19.0. The molecule has 0 atom stereocenters. The number of ether oxygens (including phenoxy) is 2. The first-order valence-electron chi connectivity index (χ1n) is 11.0. The Hall–Kier alpha value is -3.94. The number of methoxy groups -OCH3 is 1. The number of esters is 1. The van der Waals surface area contributed by atoms with E-state index in [9.17, 15) is 9.59 Å². The van der Waals surface area contributed by atoms with E-state index in [0.29, 0.717) is 49.5 Å². The van der Waals surface area contributed by atoms with E-state index in [0.717, 1.165) is 10.9 Å². The Morgan fingerprint density at radius 1 is 0.917 bits per heavy atom. The average Bonchev–Trinajstić information content (AvgIpc) is 3.29. The highest BCUT2D eigenvalue weighted by Crippen LogP contribution is 2.37. The zero-order valence-corrected chi connectivity index (χ0v) is 20.6. The van der Waals surface area contributed by atoms with Gasteiger partial charge in [0, 0.05) is 16.6 Å². The van der Waals surface area contributed by atoms with Gasteiger partial charge in [-0.15, -0.1) is 0 Å². The normalized spacial score (nSPS) is 11.1. The average molecular weight is 520 g/mol. The van der Waals surface area contributed by atoms with Gasteiger partial charge in [0.05, 0.1) is 45.7 Å². The van der Waals surface area contributed by atoms with Crippen molar-refractivity contribution in [3.63, 3.8) is 0 Å². The minimum Gasteiger partial charge on any atom is -0.482 e. The van der Waals surface area contributed by atoms with Crippen molar-refractivity contribution in [2.75, 3.05) is 13.7 Å². The molecule has 36 heavy (non-hydrogen) atoms. The molecule has 0 aliphatic heterocycles. The van der Waals surface area contributed by atoms with Crippen molar-refractivity contribution >= 4 is 56.9 Å². The highest BCUT2D eigenvalue weighted by Gasteiger charge is 2.17. The molecule has 0 spiro atoms. The largest absolute Gasteiger partial charge is 0.482 e. The summed E-state index contributed by atoms with van der Waals surface area (Å²) in [4.78, 5) is 36.7. The molecule has 1 N–H and O–H groups in total. The number of pyridine rings is 1. The lowest BCUT2D eigenvalue weighted by Gasteiger charge is -2.09. The molecular formula is C27H19Cl2N3O4. The van der Waals surface area contributed by atoms with Crippen LogP contribution in [0.2, 0.25) is 10.0 Å². The number of aromatic nitrogens is 3. The predicted molar refractivity (Wildman–Crippen MR) is 139 cm³/mol. The standard InChI is InChI=1S/C27H19Cl2N3O4/c1-35-25(34)14-36-18-12-19(28)26(20(29)13-18)27-31-22-9-7-16(10-23(22)32-27)24(33)11-17-8-6-15-4-2-3-5-21(15)30-17/h2-10,12-13H,11,14H2,1H3,(H,31,32). The Bertz CT molecular complexity index is 1610. The van der Waals surface area contributed by atoms with Crippen LogP contribution in [0.3, 0.4) is 0 Å². The third-order valence-electron chi connectivity index (χ3n) is 5.64. The molecule has 5 rings (SSSR count). The van der Waals surface area contributed by atoms with Gasteiger partial charge in [0.2, 0.25) is 0 Å². The summed E-state index contributed by atoms with van der Waals surface area (Å²) >= 11 is 12.9. The zero-order chi connectivity index (χ0) is 25.2. The number of halogens is 2. The summed E-state index contributed by atoms with van der Waals surface area (Å²) < 4.78 is 9.93. The molecule has 0 bridgehead atoms. The van der Waals surface area contributed by atoms with Gasteiger partial charge in [0.1, 0.15) is 11.6 Å². The van der Waals surface area contributed by atoms with Crippen molar-refractivity contribution in [2.24, 2.45) is 0 Å². The monoisotopic (exact) mass is 519 g/mol. The van der Waals surface area contributed by atoms with Gasteiger partial charge in [-0.05, 0) is 42.5 Å². The number of benzene rings is 3. The van der Waals surface area contributed by atoms with E-state index < -0.39 is 5.97 Å². The Balaban J connectivity index is 1.39. The molecular weight excluding hydrogens is 501 g/mol. The van der Waals surface area contributed by atoms with Gasteiger partial charge in [-0.2, -0.15) is 0 Å². The molecule has 0 saturated heterocycles. The fourth-order valence-corrected chi connectivity index (χ4v) is 4.48. The molecule has 2 aromatic heterocycles. The summed E-state index contributed by atoms with van der Waals surface area (Å²) in [6.45, 7) is -0.265. The maximum atomic E-state index is 13.0. The fraction of sp³-hybridized carbons (Fsp3) is 0.111. The number of carbonyl (C=O) groups excluding carboxylic acids is 2. The van der Waals surface area contributed by atoms with Crippen LogP contribution in [0.25, 0.3) is 33.3 Å². The van der Waals surface area contributed by atoms with Crippen molar-refractivity contribution < 1.29 is 19.1 Å². The van der Waals surface area contributed by atoms with Crippen LogP contribution < -0.4 is 4.74 Å². The lowest BCUT2D eigenvalue weighted by Crippen LogP contribution is -2.12. The van der Waals surface area contributed by atoms with E-state index in [4.69, 9.17) is 27.9 Å². The smallest absolute Gasteiger partial charge is 0.343 e. The first-order chi connectivity index (χ1) is 17.4. The summed E-state index contributed by atoms with van der Waals surface area (Å²) in [6.07, 6.45) is 0.183. The van der Waals surface area contributed by atoms with Crippen LogP contribution >= 0.6 is 23.2 Å². The second-order valence-corrected chi connectivity index (χ2v) is 8.85. The number of nitrogens with zero attached hydrogens (tertiary/aromatic N) is 2. The summed E-state index contributed by atoms with van der Waals surface area (Å²) in [7, 11) is 1.27. The summed E-state index contributed by atoms with van der Waals surface area (Å²) in [5.74, 6) is 0.190. The Kier molecular flexibility index (Phi) is 6.59. The molecule has 2 heterocycles. The number of H-pyrrole nitrogens is 1. The highest BCUT2D eigenvalue weighted by molar-refractivity contribution is 6.39. The van der Waals surface area contributed by atoms with Gasteiger partial charge in [-0.1, -0.05) is 47.5 Å². The maximum absolute atomic E-state index is 13.0. The van der Waals surface area contributed by atoms with E-state index in [1.54, 1.807) is 30.3 Å². The van der Waals surface area contributed by atoms with Crippen LogP contribution in [0.1, 0.15) is 16.1 Å². The van der Waals surface area contributed by atoms with E-state index in [1.807, 2.05) is 36.4 Å². The first-order valence-corrected chi connectivity index (χ1v) is 11.7. The maximum Gasteiger partial charge on any atom is 0.343 e. The third kappa shape index (κ3) is 4.89. The number of aromatic amines is 1. The number of carbonyl (C=O) groups is 2. The summed E-state index contributed by atoms with van der Waals surface area (Å²) in [5, 5.41) is 1.61. The van der Waals surface area contributed by atoms with E-state index in [2.05, 4.69) is 19.7 Å². The lowest BCUT2D eigenvalue weighted by molar-refractivity contribution is -0.142. The van der Waals surface area contributed by atoms with Crippen molar-refractivity contribution in [1.82, 2.24) is 15.0 Å². The van der Waals surface area contributed by atoms with Crippen LogP contribution in [0, 0.1) is 0 Å². The number of imidazole rings is 1. The SMILES string of the molecule is COC(=O)COc1cc(Cl)c(-c2nc3ccc(C(=O)Cc4ccc5ccccc5n4)cc3[nH]2)c(Cl)c1. The number of rotatable bonds is 7. The van der Waals surface area contributed by atoms with E-state index >= 15 is 0 Å². The van der Waals surface area contributed by atoms with Gasteiger partial charge >= 0.3 is 5.97 Å². The number of Topliss-reactive ketones (excluding diaryl/α,β-unsaturated/α-hetero) is 1. The van der Waals surface area contributed by atoms with Crippen molar-refractivity contribution in [3.05, 3.63) is 88.0 Å². The number of hydrogen-bond donors (Lipinski definition) is 1. The quantitative estimate of drug-likeness (QED) is 0.207. The highest BCUT2D eigenvalue weighted by atomic mass is 35.5. The molecule has 9 heteroatoms. The third-order valence-corrected chi connectivity index (χ3v) is 6.23. The lowest BCUT2D eigenvalue weighted by atomic mass is 10.0. The van der Waals surface area contributed by atoms with Crippen molar-refractivity contribution in [1.29, 1.82) is 0 Å². The topological polar surface area (TPSA) is 94.2 Å². The molecule has 0 fully saturated rings. The Morgan fingerprint density at radius 3 is 2.47 bits per heavy atom. The molecule has 0 aliphatic rings. The number of nitrogens with one attached hydrogen (secondary N) is 1.